The Labute approximate surface area is 223 Å². The number of oxazole rings is 1. The average Bonchev–Trinajstić information content (AvgIpc) is 3.32. The van der Waals surface area contributed by atoms with Crippen molar-refractivity contribution < 1.29 is 28.1 Å². The Morgan fingerprint density at radius 2 is 1.61 bits per heavy atom. The molecule has 204 valence electrons. The number of aromatic nitrogens is 1. The van der Waals surface area contributed by atoms with E-state index < -0.39 is 0 Å². The van der Waals surface area contributed by atoms with Crippen LogP contribution in [0.1, 0.15) is 37.8 Å². The van der Waals surface area contributed by atoms with Crippen LogP contribution in [0.2, 0.25) is 0 Å². The summed E-state index contributed by atoms with van der Waals surface area (Å²) in [4.78, 5) is 14.4. The number of hydrogen-bond donors (Lipinski definition) is 0. The Morgan fingerprint density at radius 3 is 2.18 bits per heavy atom. The molecule has 0 saturated carbocycles. The Balaban J connectivity index is 1.79. The molecule has 3 aromatic rings. The average molecular weight is 524 g/mol. The third-order valence-electron chi connectivity index (χ3n) is 6.59. The fraction of sp³-hybridized carbons (Fsp3) is 0.483. The molecule has 9 heteroatoms. The van der Waals surface area contributed by atoms with E-state index in [-0.39, 0.29) is 18.0 Å². The standard InChI is InChI=1S/C29H37N3O6/c1-9-37-15-18-12-22(33-5)24(23(13-18)34-6)20-11-10-19(26-27(20)38-17(4)30-26)14-21-28(35-7)32-25(16(2)3)29(31-21)36-8/h10-13,16,21,25H,9,14-15H2,1-8H3/t21-,25-/m0/s1. The SMILES string of the molecule is CCOCc1cc(OC)c(-c2ccc(C[C@@H]3N=C(OC)[C@H](C(C)C)N=C3OC)c3nc(C)oc23)c(OC)c1. The molecule has 0 radical (unpaired) electrons. The van der Waals surface area contributed by atoms with Gasteiger partial charge in [0, 0.05) is 25.5 Å². The van der Waals surface area contributed by atoms with Gasteiger partial charge in [-0.3, -0.25) is 0 Å². The molecule has 9 nitrogen and oxygen atoms in total. The highest BCUT2D eigenvalue weighted by Crippen LogP contribution is 2.43. The van der Waals surface area contributed by atoms with Crippen molar-refractivity contribution in [2.24, 2.45) is 15.9 Å². The van der Waals surface area contributed by atoms with Crippen molar-refractivity contribution in [3.63, 3.8) is 0 Å². The molecule has 1 aliphatic heterocycles. The summed E-state index contributed by atoms with van der Waals surface area (Å²) in [5.74, 6) is 3.31. The number of methoxy groups -OCH3 is 4. The highest BCUT2D eigenvalue weighted by molar-refractivity contribution is 5.97. The van der Waals surface area contributed by atoms with Crippen LogP contribution in [-0.2, 0) is 27.2 Å². The second-order valence-corrected chi connectivity index (χ2v) is 9.45. The van der Waals surface area contributed by atoms with Gasteiger partial charge in [-0.15, -0.1) is 0 Å². The number of hydrogen-bond acceptors (Lipinski definition) is 9. The first-order valence-electron chi connectivity index (χ1n) is 12.8. The van der Waals surface area contributed by atoms with E-state index in [0.29, 0.717) is 54.4 Å². The van der Waals surface area contributed by atoms with Crippen LogP contribution in [0.3, 0.4) is 0 Å². The largest absolute Gasteiger partial charge is 0.496 e. The summed E-state index contributed by atoms with van der Waals surface area (Å²) in [6.45, 7) is 9.06. The molecule has 1 aromatic heterocycles. The van der Waals surface area contributed by atoms with E-state index in [4.69, 9.17) is 43.1 Å². The summed E-state index contributed by atoms with van der Waals surface area (Å²) in [7, 11) is 6.55. The fourth-order valence-corrected chi connectivity index (χ4v) is 4.76. The van der Waals surface area contributed by atoms with Gasteiger partial charge in [-0.1, -0.05) is 19.9 Å². The molecular formula is C29H37N3O6. The van der Waals surface area contributed by atoms with Gasteiger partial charge in [-0.05, 0) is 42.2 Å². The lowest BCUT2D eigenvalue weighted by Crippen LogP contribution is -2.38. The Morgan fingerprint density at radius 1 is 0.921 bits per heavy atom. The van der Waals surface area contributed by atoms with Gasteiger partial charge in [0.2, 0.25) is 11.8 Å². The van der Waals surface area contributed by atoms with E-state index in [2.05, 4.69) is 13.8 Å². The minimum absolute atomic E-state index is 0.173. The first-order chi connectivity index (χ1) is 18.3. The van der Waals surface area contributed by atoms with Gasteiger partial charge >= 0.3 is 0 Å². The number of fused-ring (bicyclic) bond motifs is 1. The number of aryl methyl sites for hydroxylation is 1. The van der Waals surface area contributed by atoms with E-state index in [1.807, 2.05) is 38.1 Å². The zero-order valence-electron chi connectivity index (χ0n) is 23.5. The first kappa shape index (κ1) is 27.4. The molecule has 38 heavy (non-hydrogen) atoms. The number of nitrogens with zero attached hydrogens (tertiary/aromatic N) is 3. The lowest BCUT2D eigenvalue weighted by Gasteiger charge is -2.27. The van der Waals surface area contributed by atoms with E-state index in [1.165, 1.54) is 0 Å². The van der Waals surface area contributed by atoms with E-state index in [0.717, 1.165) is 27.8 Å². The summed E-state index contributed by atoms with van der Waals surface area (Å²) >= 11 is 0. The minimum Gasteiger partial charge on any atom is -0.496 e. The van der Waals surface area contributed by atoms with Gasteiger partial charge < -0.3 is 28.1 Å². The molecule has 0 bridgehead atoms. The van der Waals surface area contributed by atoms with Gasteiger partial charge in [0.25, 0.3) is 0 Å². The summed E-state index contributed by atoms with van der Waals surface area (Å²) in [6.07, 6.45) is 0.522. The Kier molecular flexibility index (Phi) is 8.56. The summed E-state index contributed by atoms with van der Waals surface area (Å²) in [5, 5.41) is 0. The van der Waals surface area contributed by atoms with Crippen LogP contribution in [0.5, 0.6) is 11.5 Å². The lowest BCUT2D eigenvalue weighted by atomic mass is 9.95. The molecule has 0 unspecified atom stereocenters. The maximum atomic E-state index is 6.15. The van der Waals surface area contributed by atoms with Crippen molar-refractivity contribution in [1.82, 2.24) is 4.98 Å². The molecule has 2 heterocycles. The Hall–Kier alpha value is -3.59. The van der Waals surface area contributed by atoms with Gasteiger partial charge in [0.05, 0.1) is 40.6 Å². The Bertz CT molecular complexity index is 1320. The van der Waals surface area contributed by atoms with Crippen LogP contribution in [-0.4, -0.2) is 63.9 Å². The van der Waals surface area contributed by atoms with Crippen molar-refractivity contribution in [1.29, 1.82) is 0 Å². The molecule has 2 aromatic carbocycles. The summed E-state index contributed by atoms with van der Waals surface area (Å²) in [6, 6.07) is 7.47. The highest BCUT2D eigenvalue weighted by Gasteiger charge is 2.32. The van der Waals surface area contributed by atoms with Crippen LogP contribution in [0, 0.1) is 12.8 Å². The van der Waals surface area contributed by atoms with E-state index in [1.54, 1.807) is 28.4 Å². The van der Waals surface area contributed by atoms with Crippen molar-refractivity contribution in [2.75, 3.05) is 35.0 Å². The number of benzene rings is 2. The zero-order valence-corrected chi connectivity index (χ0v) is 23.5. The van der Waals surface area contributed by atoms with Crippen LogP contribution < -0.4 is 9.47 Å². The van der Waals surface area contributed by atoms with Crippen molar-refractivity contribution in [3.8, 4) is 22.6 Å². The third-order valence-corrected chi connectivity index (χ3v) is 6.59. The molecule has 0 saturated heterocycles. The van der Waals surface area contributed by atoms with E-state index >= 15 is 0 Å². The second-order valence-electron chi connectivity index (χ2n) is 9.45. The quantitative estimate of drug-likeness (QED) is 0.371. The fourth-order valence-electron chi connectivity index (χ4n) is 4.76. The van der Waals surface area contributed by atoms with Crippen LogP contribution in [0.25, 0.3) is 22.2 Å². The predicted octanol–water partition coefficient (Wildman–Crippen LogP) is 5.40. The molecule has 2 atom stereocenters. The zero-order chi connectivity index (χ0) is 27.4. The van der Waals surface area contributed by atoms with Crippen LogP contribution >= 0.6 is 0 Å². The molecule has 1 aliphatic rings. The second kappa shape index (κ2) is 11.9. The molecule has 0 aliphatic carbocycles. The van der Waals surface area contributed by atoms with Crippen molar-refractivity contribution >= 4 is 22.9 Å². The molecular weight excluding hydrogens is 486 g/mol. The summed E-state index contributed by atoms with van der Waals surface area (Å²) < 4.78 is 34.6. The summed E-state index contributed by atoms with van der Waals surface area (Å²) in [5.41, 5.74) is 4.94. The molecule has 4 rings (SSSR count). The van der Waals surface area contributed by atoms with Gasteiger partial charge in [-0.2, -0.15) is 0 Å². The smallest absolute Gasteiger partial charge is 0.209 e. The molecule has 0 spiro atoms. The van der Waals surface area contributed by atoms with Gasteiger partial charge in [0.15, 0.2) is 11.5 Å². The van der Waals surface area contributed by atoms with Crippen LogP contribution in [0.15, 0.2) is 38.7 Å². The molecule has 0 fully saturated rings. The topological polar surface area (TPSA) is 96.9 Å². The van der Waals surface area contributed by atoms with E-state index in [9.17, 15) is 0 Å². The molecule has 0 N–H and O–H groups in total. The van der Waals surface area contributed by atoms with Gasteiger partial charge in [-0.25, -0.2) is 15.0 Å². The predicted molar refractivity (Wildman–Crippen MR) is 148 cm³/mol. The number of aliphatic imine (C=N–C) groups is 2. The minimum atomic E-state index is -0.335. The highest BCUT2D eigenvalue weighted by atomic mass is 16.5. The van der Waals surface area contributed by atoms with Crippen molar-refractivity contribution in [3.05, 3.63) is 41.3 Å². The molecule has 0 amide bonds. The lowest BCUT2D eigenvalue weighted by molar-refractivity contribution is 0.133. The third kappa shape index (κ3) is 5.34. The number of ether oxygens (including phenoxy) is 5. The maximum Gasteiger partial charge on any atom is 0.209 e. The number of rotatable bonds is 9. The monoisotopic (exact) mass is 523 g/mol. The van der Waals surface area contributed by atoms with Gasteiger partial charge in [0.1, 0.15) is 29.1 Å². The maximum absolute atomic E-state index is 6.15. The normalized spacial score (nSPS) is 17.4. The van der Waals surface area contributed by atoms with Crippen molar-refractivity contribution in [2.45, 2.75) is 52.8 Å². The van der Waals surface area contributed by atoms with Crippen LogP contribution in [0.4, 0.5) is 0 Å². The first-order valence-corrected chi connectivity index (χ1v) is 12.8.